The maximum atomic E-state index is 13.4. The van der Waals surface area contributed by atoms with E-state index in [1.807, 2.05) is 0 Å². The number of carbonyl (C=O) groups excluding carboxylic acids is 1. The number of anilines is 1. The lowest BCUT2D eigenvalue weighted by Crippen LogP contribution is -2.47. The molecule has 1 saturated heterocycles. The number of amides is 2. The van der Waals surface area contributed by atoms with Crippen molar-refractivity contribution in [2.45, 2.75) is 13.2 Å². The highest BCUT2D eigenvalue weighted by atomic mass is 16.5. The number of hydrogen-bond donors (Lipinski definition) is 3. The molecule has 0 spiro atoms. The van der Waals surface area contributed by atoms with Gasteiger partial charge in [-0.1, -0.05) is 36.4 Å². The van der Waals surface area contributed by atoms with Gasteiger partial charge in [-0.2, -0.15) is 5.01 Å². The highest BCUT2D eigenvalue weighted by Gasteiger charge is 2.47. The van der Waals surface area contributed by atoms with Crippen LogP contribution in [0, 0.1) is 0 Å². The summed E-state index contributed by atoms with van der Waals surface area (Å²) < 4.78 is 6.60. The molecule has 1 aromatic heterocycles. The summed E-state index contributed by atoms with van der Waals surface area (Å²) in [6.45, 7) is 1.67. The van der Waals surface area contributed by atoms with Crippen molar-refractivity contribution in [2.75, 3.05) is 11.6 Å². The molecule has 2 aromatic carbocycles. The Balaban J connectivity index is 1.91. The van der Waals surface area contributed by atoms with E-state index in [2.05, 4.69) is 5.10 Å². The molecule has 1 aliphatic heterocycles. The lowest BCUT2D eigenvalue weighted by atomic mass is 10.1. The first-order chi connectivity index (χ1) is 16.3. The average Bonchev–Trinajstić information content (AvgIpc) is 3.30. The second-order valence-electron chi connectivity index (χ2n) is 7.17. The monoisotopic (exact) mass is 464 g/mol. The van der Waals surface area contributed by atoms with Crippen LogP contribution in [0.15, 0.2) is 71.0 Å². The van der Waals surface area contributed by atoms with E-state index in [1.54, 1.807) is 67.6 Å². The molecule has 0 radical (unpaired) electrons. The smallest absolute Gasteiger partial charge is 0.429 e. The normalized spacial score (nSPS) is 16.9. The van der Waals surface area contributed by atoms with Gasteiger partial charge in [0.05, 0.1) is 22.5 Å². The van der Waals surface area contributed by atoms with Gasteiger partial charge in [0, 0.05) is 6.61 Å². The number of carboxylic acid groups (broad SMARTS) is 2. The van der Waals surface area contributed by atoms with E-state index >= 15 is 0 Å². The first kappa shape index (κ1) is 22.6. The third-order valence-electron chi connectivity index (χ3n) is 5.12. The zero-order valence-electron chi connectivity index (χ0n) is 17.9. The molecule has 3 aromatic rings. The highest BCUT2D eigenvalue weighted by Crippen LogP contribution is 2.32. The van der Waals surface area contributed by atoms with E-state index in [9.17, 15) is 29.4 Å². The van der Waals surface area contributed by atoms with E-state index in [0.29, 0.717) is 10.7 Å². The van der Waals surface area contributed by atoms with Crippen LogP contribution < -0.4 is 10.6 Å². The van der Waals surface area contributed by atoms with Crippen LogP contribution in [0.25, 0.3) is 11.8 Å². The number of rotatable bonds is 6. The standard InChI is InChI=1S/C23H20N4O7/c1-2-34-21-17(20(29)26(27(21)23(32)33)15-11-7-4-8-12-15)13-16-18(22(30)31)24-25(19(16)28)14-9-5-3-6-10-14/h3-13,21,24H,2H2,1H3,(H,30,31)(H,32,33). The molecule has 11 heteroatoms. The van der Waals surface area contributed by atoms with Crippen LogP contribution in [0.4, 0.5) is 10.5 Å². The second kappa shape index (κ2) is 9.08. The molecule has 3 N–H and O–H groups in total. The van der Waals surface area contributed by atoms with Gasteiger partial charge in [0.15, 0.2) is 11.9 Å². The van der Waals surface area contributed by atoms with Gasteiger partial charge in [-0.25, -0.2) is 19.3 Å². The molecule has 2 amide bonds. The topological polar surface area (TPSA) is 145 Å². The largest absolute Gasteiger partial charge is 0.477 e. The highest BCUT2D eigenvalue weighted by molar-refractivity contribution is 6.13. The molecule has 1 aliphatic rings. The molecule has 11 nitrogen and oxygen atoms in total. The Bertz CT molecular complexity index is 1330. The number of hydrogen-bond acceptors (Lipinski definition) is 5. The number of nitrogens with zero attached hydrogens (tertiary/aromatic N) is 3. The summed E-state index contributed by atoms with van der Waals surface area (Å²) in [4.78, 5) is 50.5. The Morgan fingerprint density at radius 2 is 1.59 bits per heavy atom. The van der Waals surface area contributed by atoms with Crippen molar-refractivity contribution in [1.29, 1.82) is 0 Å². The summed E-state index contributed by atoms with van der Waals surface area (Å²) >= 11 is 0. The third kappa shape index (κ3) is 3.84. The van der Waals surface area contributed by atoms with Gasteiger partial charge in [-0.3, -0.25) is 14.7 Å². The Morgan fingerprint density at radius 3 is 2.12 bits per heavy atom. The van der Waals surface area contributed by atoms with Gasteiger partial charge in [-0.05, 0) is 37.3 Å². The zero-order valence-corrected chi connectivity index (χ0v) is 17.9. The minimum absolute atomic E-state index is 0.0505. The van der Waals surface area contributed by atoms with E-state index < -0.39 is 35.5 Å². The first-order valence-corrected chi connectivity index (χ1v) is 10.2. The van der Waals surface area contributed by atoms with Crippen molar-refractivity contribution in [1.82, 2.24) is 14.8 Å². The summed E-state index contributed by atoms with van der Waals surface area (Å²) in [5.74, 6) is -2.19. The third-order valence-corrected chi connectivity index (χ3v) is 5.12. The van der Waals surface area contributed by atoms with Crippen molar-refractivity contribution in [2.24, 2.45) is 0 Å². The summed E-state index contributed by atoms with van der Waals surface area (Å²) in [7, 11) is 0. The number of carbonyl (C=O) groups is 3. The van der Waals surface area contributed by atoms with Crippen molar-refractivity contribution in [3.05, 3.63) is 87.8 Å². The zero-order chi connectivity index (χ0) is 24.4. The van der Waals surface area contributed by atoms with Crippen molar-refractivity contribution in [3.63, 3.8) is 0 Å². The molecule has 34 heavy (non-hydrogen) atoms. The molecule has 174 valence electrons. The van der Waals surface area contributed by atoms with Crippen LogP contribution in [0.1, 0.15) is 23.0 Å². The summed E-state index contributed by atoms with van der Waals surface area (Å²) in [6.07, 6.45) is -1.78. The summed E-state index contributed by atoms with van der Waals surface area (Å²) in [5, 5.41) is 23.7. The fourth-order valence-corrected chi connectivity index (χ4v) is 3.67. The SMILES string of the molecule is CCOC1C(=Cc2c(C(=O)O)[nH]n(-c3ccccc3)c2=O)C(=O)N(c2ccccc2)N1C(=O)O. The number of H-pyrrole nitrogens is 1. The summed E-state index contributed by atoms with van der Waals surface area (Å²) in [6, 6.07) is 16.4. The van der Waals surface area contributed by atoms with E-state index in [4.69, 9.17) is 4.74 Å². The molecule has 1 fully saturated rings. The van der Waals surface area contributed by atoms with Crippen LogP contribution in [0.3, 0.4) is 0 Å². The minimum Gasteiger partial charge on any atom is -0.477 e. The van der Waals surface area contributed by atoms with Crippen molar-refractivity contribution < 1.29 is 29.3 Å². The van der Waals surface area contributed by atoms with Gasteiger partial charge in [0.1, 0.15) is 0 Å². The van der Waals surface area contributed by atoms with Gasteiger partial charge in [0.25, 0.3) is 11.5 Å². The molecule has 1 unspecified atom stereocenters. The average molecular weight is 464 g/mol. The van der Waals surface area contributed by atoms with Gasteiger partial charge in [-0.15, -0.1) is 0 Å². The van der Waals surface area contributed by atoms with E-state index in [-0.39, 0.29) is 23.4 Å². The van der Waals surface area contributed by atoms with Gasteiger partial charge in [0.2, 0.25) is 0 Å². The fraction of sp³-hybridized carbons (Fsp3) is 0.130. The Labute approximate surface area is 192 Å². The number of aromatic amines is 1. The second-order valence-corrected chi connectivity index (χ2v) is 7.17. The van der Waals surface area contributed by atoms with Gasteiger partial charge < -0.3 is 14.9 Å². The summed E-state index contributed by atoms with van der Waals surface area (Å²) in [5.41, 5.74) is -1.05. The van der Waals surface area contributed by atoms with Crippen LogP contribution in [-0.2, 0) is 9.53 Å². The maximum absolute atomic E-state index is 13.4. The van der Waals surface area contributed by atoms with E-state index in [0.717, 1.165) is 15.8 Å². The number of carboxylic acids is 1. The quantitative estimate of drug-likeness (QED) is 0.475. The number of aromatic nitrogens is 2. The molecule has 0 saturated carbocycles. The van der Waals surface area contributed by atoms with Crippen LogP contribution in [-0.4, -0.2) is 55.8 Å². The number of aromatic carboxylic acids is 1. The fourth-order valence-electron chi connectivity index (χ4n) is 3.67. The minimum atomic E-state index is -1.46. The molecule has 4 rings (SSSR count). The number of hydrazine groups is 1. The number of ether oxygens (including phenoxy) is 1. The number of nitrogens with one attached hydrogen (secondary N) is 1. The number of para-hydroxylation sites is 2. The lowest BCUT2D eigenvalue weighted by molar-refractivity contribution is -0.115. The Hall–Kier alpha value is -4.64. The predicted octanol–water partition coefficient (Wildman–Crippen LogP) is 2.55. The molecule has 0 aliphatic carbocycles. The lowest BCUT2D eigenvalue weighted by Gasteiger charge is -2.28. The molecular formula is C23H20N4O7. The Morgan fingerprint density at radius 1 is 1.00 bits per heavy atom. The van der Waals surface area contributed by atoms with Crippen molar-refractivity contribution >= 4 is 29.7 Å². The van der Waals surface area contributed by atoms with Crippen molar-refractivity contribution in [3.8, 4) is 5.69 Å². The van der Waals surface area contributed by atoms with Crippen LogP contribution in [0.5, 0.6) is 0 Å². The van der Waals surface area contributed by atoms with E-state index in [1.165, 1.54) is 0 Å². The van der Waals surface area contributed by atoms with Crippen LogP contribution >= 0.6 is 0 Å². The molecule has 2 heterocycles. The van der Waals surface area contributed by atoms with Crippen LogP contribution in [0.2, 0.25) is 0 Å². The molecule has 1 atom stereocenters. The first-order valence-electron chi connectivity index (χ1n) is 10.2. The predicted molar refractivity (Wildman–Crippen MR) is 121 cm³/mol. The Kier molecular flexibility index (Phi) is 6.02. The molecule has 0 bridgehead atoms. The molecular weight excluding hydrogens is 444 g/mol. The maximum Gasteiger partial charge on any atom is 0.429 e. The van der Waals surface area contributed by atoms with Gasteiger partial charge >= 0.3 is 12.1 Å². The number of benzene rings is 2.